The van der Waals surface area contributed by atoms with Gasteiger partial charge in [-0.2, -0.15) is 0 Å². The highest BCUT2D eigenvalue weighted by Crippen LogP contribution is 2.29. The molecule has 0 bridgehead atoms. The second kappa shape index (κ2) is 5.51. The zero-order valence-corrected chi connectivity index (χ0v) is 12.3. The Morgan fingerprint density at radius 2 is 1.95 bits per heavy atom. The fourth-order valence-corrected chi connectivity index (χ4v) is 3.64. The standard InChI is InChI=1S/C14H22N2O2S/c1-10-7-8-13(9-14(10)19(15,17)18)16-11(2)12-5-3-4-6-12/h7-9,11-12,16H,3-6H2,1-2H3,(H2,15,17,18). The number of nitrogens with one attached hydrogen (secondary N) is 1. The van der Waals surface area contributed by atoms with Crippen molar-refractivity contribution in [1.82, 2.24) is 0 Å². The number of anilines is 1. The molecule has 0 amide bonds. The van der Waals surface area contributed by atoms with Gasteiger partial charge in [0.25, 0.3) is 0 Å². The van der Waals surface area contributed by atoms with Gasteiger partial charge in [-0.05, 0) is 50.3 Å². The van der Waals surface area contributed by atoms with Crippen LogP contribution >= 0.6 is 0 Å². The molecular weight excluding hydrogens is 260 g/mol. The SMILES string of the molecule is Cc1ccc(NC(C)C2CCCC2)cc1S(N)(=O)=O. The molecule has 0 radical (unpaired) electrons. The van der Waals surface area contributed by atoms with Crippen molar-refractivity contribution in [3.8, 4) is 0 Å². The van der Waals surface area contributed by atoms with E-state index in [2.05, 4.69) is 12.2 Å². The molecule has 4 nitrogen and oxygen atoms in total. The van der Waals surface area contributed by atoms with Gasteiger partial charge in [0.15, 0.2) is 0 Å². The summed E-state index contributed by atoms with van der Waals surface area (Å²) in [7, 11) is -3.65. The van der Waals surface area contributed by atoms with Crippen LogP contribution in [0.25, 0.3) is 0 Å². The fraction of sp³-hybridized carbons (Fsp3) is 0.571. The highest BCUT2D eigenvalue weighted by Gasteiger charge is 2.21. The van der Waals surface area contributed by atoms with E-state index in [4.69, 9.17) is 5.14 Å². The third kappa shape index (κ3) is 3.48. The number of nitrogens with two attached hydrogens (primary N) is 1. The van der Waals surface area contributed by atoms with Crippen molar-refractivity contribution in [3.05, 3.63) is 23.8 Å². The highest BCUT2D eigenvalue weighted by atomic mass is 32.2. The van der Waals surface area contributed by atoms with Crippen LogP contribution in [0, 0.1) is 12.8 Å². The molecular formula is C14H22N2O2S. The van der Waals surface area contributed by atoms with Crippen LogP contribution < -0.4 is 10.5 Å². The van der Waals surface area contributed by atoms with Crippen molar-refractivity contribution in [3.63, 3.8) is 0 Å². The van der Waals surface area contributed by atoms with Gasteiger partial charge >= 0.3 is 0 Å². The Morgan fingerprint density at radius 1 is 1.32 bits per heavy atom. The zero-order valence-electron chi connectivity index (χ0n) is 11.5. The van der Waals surface area contributed by atoms with E-state index >= 15 is 0 Å². The minimum absolute atomic E-state index is 0.205. The van der Waals surface area contributed by atoms with Crippen LogP contribution in [0.2, 0.25) is 0 Å². The summed E-state index contributed by atoms with van der Waals surface area (Å²) in [4.78, 5) is 0.205. The molecule has 0 saturated heterocycles. The fourth-order valence-electron chi connectivity index (χ4n) is 2.83. The van der Waals surface area contributed by atoms with Crippen LogP contribution in [0.3, 0.4) is 0 Å². The first kappa shape index (κ1) is 14.3. The summed E-state index contributed by atoms with van der Waals surface area (Å²) >= 11 is 0. The molecule has 1 aromatic rings. The Hall–Kier alpha value is -1.07. The predicted molar refractivity (Wildman–Crippen MR) is 77.6 cm³/mol. The van der Waals surface area contributed by atoms with Crippen molar-refractivity contribution in [2.24, 2.45) is 11.1 Å². The van der Waals surface area contributed by atoms with Crippen molar-refractivity contribution >= 4 is 15.7 Å². The average molecular weight is 282 g/mol. The number of hydrogen-bond acceptors (Lipinski definition) is 3. The quantitative estimate of drug-likeness (QED) is 0.891. The summed E-state index contributed by atoms with van der Waals surface area (Å²) in [5.41, 5.74) is 1.51. The summed E-state index contributed by atoms with van der Waals surface area (Å²) in [6.07, 6.45) is 5.10. The summed E-state index contributed by atoms with van der Waals surface area (Å²) < 4.78 is 23.0. The van der Waals surface area contributed by atoms with Crippen LogP contribution in [-0.4, -0.2) is 14.5 Å². The first-order valence-corrected chi connectivity index (χ1v) is 8.32. The molecule has 1 saturated carbocycles. The first-order valence-electron chi connectivity index (χ1n) is 6.78. The van der Waals surface area contributed by atoms with Crippen molar-refractivity contribution in [1.29, 1.82) is 0 Å². The molecule has 0 spiro atoms. The minimum Gasteiger partial charge on any atom is -0.382 e. The minimum atomic E-state index is -3.65. The topological polar surface area (TPSA) is 72.2 Å². The molecule has 2 rings (SSSR count). The molecule has 1 aromatic carbocycles. The Bertz CT molecular complexity index is 549. The van der Waals surface area contributed by atoms with E-state index in [1.807, 2.05) is 6.07 Å². The van der Waals surface area contributed by atoms with Crippen LogP contribution in [-0.2, 0) is 10.0 Å². The van der Waals surface area contributed by atoms with E-state index < -0.39 is 10.0 Å². The summed E-state index contributed by atoms with van der Waals surface area (Å²) in [5, 5.41) is 8.63. The lowest BCUT2D eigenvalue weighted by Gasteiger charge is -2.22. The number of sulfonamides is 1. The van der Waals surface area contributed by atoms with Gasteiger partial charge in [-0.25, -0.2) is 13.6 Å². The highest BCUT2D eigenvalue weighted by molar-refractivity contribution is 7.89. The Labute approximate surface area is 115 Å². The molecule has 0 aromatic heterocycles. The molecule has 1 aliphatic rings. The maximum atomic E-state index is 11.5. The molecule has 106 valence electrons. The first-order chi connectivity index (χ1) is 8.88. The van der Waals surface area contributed by atoms with Gasteiger partial charge in [0.1, 0.15) is 0 Å². The molecule has 1 unspecified atom stereocenters. The largest absolute Gasteiger partial charge is 0.382 e. The van der Waals surface area contributed by atoms with Crippen LogP contribution in [0.1, 0.15) is 38.2 Å². The van der Waals surface area contributed by atoms with Gasteiger partial charge in [-0.1, -0.05) is 18.9 Å². The monoisotopic (exact) mass is 282 g/mol. The zero-order chi connectivity index (χ0) is 14.0. The van der Waals surface area contributed by atoms with Crippen molar-refractivity contribution < 1.29 is 8.42 Å². The van der Waals surface area contributed by atoms with Gasteiger partial charge in [0.2, 0.25) is 10.0 Å². The summed E-state index contributed by atoms with van der Waals surface area (Å²) in [6.45, 7) is 3.91. The lowest BCUT2D eigenvalue weighted by atomic mass is 9.99. The number of rotatable bonds is 4. The maximum Gasteiger partial charge on any atom is 0.238 e. The van der Waals surface area contributed by atoms with E-state index in [-0.39, 0.29) is 4.90 Å². The molecule has 1 atom stereocenters. The van der Waals surface area contributed by atoms with Gasteiger partial charge < -0.3 is 5.32 Å². The predicted octanol–water partition coefficient (Wildman–Crippen LogP) is 2.63. The lowest BCUT2D eigenvalue weighted by molar-refractivity contribution is 0.482. The van der Waals surface area contributed by atoms with Crippen LogP contribution in [0.4, 0.5) is 5.69 Å². The lowest BCUT2D eigenvalue weighted by Crippen LogP contribution is -2.24. The number of benzene rings is 1. The second-order valence-electron chi connectivity index (χ2n) is 5.50. The van der Waals surface area contributed by atoms with Gasteiger partial charge in [-0.15, -0.1) is 0 Å². The van der Waals surface area contributed by atoms with E-state index in [1.165, 1.54) is 25.7 Å². The van der Waals surface area contributed by atoms with Gasteiger partial charge in [-0.3, -0.25) is 0 Å². The molecule has 0 heterocycles. The van der Waals surface area contributed by atoms with Crippen molar-refractivity contribution in [2.45, 2.75) is 50.5 Å². The van der Waals surface area contributed by atoms with E-state index in [0.717, 1.165) is 5.69 Å². The second-order valence-corrected chi connectivity index (χ2v) is 7.03. The molecule has 3 N–H and O–H groups in total. The summed E-state index contributed by atoms with van der Waals surface area (Å²) in [6, 6.07) is 5.70. The molecule has 1 fully saturated rings. The van der Waals surface area contributed by atoms with Crippen LogP contribution in [0.15, 0.2) is 23.1 Å². The maximum absolute atomic E-state index is 11.5. The van der Waals surface area contributed by atoms with Gasteiger partial charge in [0, 0.05) is 11.7 Å². The third-order valence-electron chi connectivity index (χ3n) is 4.00. The number of aryl methyl sites for hydroxylation is 1. The van der Waals surface area contributed by atoms with E-state index in [9.17, 15) is 8.42 Å². The number of primary sulfonamides is 1. The summed E-state index contributed by atoms with van der Waals surface area (Å²) in [5.74, 6) is 0.680. The average Bonchev–Trinajstić information content (AvgIpc) is 2.83. The Morgan fingerprint density at radius 3 is 2.53 bits per heavy atom. The molecule has 5 heteroatoms. The van der Waals surface area contributed by atoms with E-state index in [1.54, 1.807) is 19.1 Å². The third-order valence-corrected chi connectivity index (χ3v) is 5.05. The molecule has 19 heavy (non-hydrogen) atoms. The Balaban J connectivity index is 2.17. The molecule has 1 aliphatic carbocycles. The molecule has 0 aliphatic heterocycles. The normalized spacial score (nSPS) is 18.5. The van der Waals surface area contributed by atoms with Crippen LogP contribution in [0.5, 0.6) is 0 Å². The smallest absolute Gasteiger partial charge is 0.238 e. The number of hydrogen-bond donors (Lipinski definition) is 2. The van der Waals surface area contributed by atoms with E-state index in [0.29, 0.717) is 17.5 Å². The Kier molecular flexibility index (Phi) is 4.16. The van der Waals surface area contributed by atoms with Crippen molar-refractivity contribution in [2.75, 3.05) is 5.32 Å². The van der Waals surface area contributed by atoms with Gasteiger partial charge in [0.05, 0.1) is 4.90 Å².